The van der Waals surface area contributed by atoms with E-state index in [9.17, 15) is 18.4 Å². The Morgan fingerprint density at radius 2 is 1.83 bits per heavy atom. The van der Waals surface area contributed by atoms with Gasteiger partial charge in [0.15, 0.2) is 11.6 Å². The van der Waals surface area contributed by atoms with Gasteiger partial charge in [0.25, 0.3) is 0 Å². The SMILES string of the molecule is O=C(CCc1ccc(F)c(F)c1)NCc1cccc(NC(=O)Cn2cccn2)c1. The first kappa shape index (κ1) is 20.2. The molecule has 6 nitrogen and oxygen atoms in total. The number of hydrogen-bond acceptors (Lipinski definition) is 3. The second-order valence-corrected chi connectivity index (χ2v) is 6.48. The van der Waals surface area contributed by atoms with Crippen LogP contribution in [0, 0.1) is 11.6 Å². The molecule has 0 saturated heterocycles. The lowest BCUT2D eigenvalue weighted by Crippen LogP contribution is -2.23. The molecule has 0 aliphatic rings. The number of anilines is 1. The van der Waals surface area contributed by atoms with Crippen molar-refractivity contribution >= 4 is 17.5 Å². The van der Waals surface area contributed by atoms with Gasteiger partial charge in [-0.15, -0.1) is 0 Å². The largest absolute Gasteiger partial charge is 0.352 e. The average molecular weight is 398 g/mol. The minimum atomic E-state index is -0.922. The number of aromatic nitrogens is 2. The van der Waals surface area contributed by atoms with Crippen molar-refractivity contribution in [1.29, 1.82) is 0 Å². The zero-order valence-electron chi connectivity index (χ0n) is 15.6. The van der Waals surface area contributed by atoms with Crippen molar-refractivity contribution in [3.8, 4) is 0 Å². The predicted molar refractivity (Wildman–Crippen MR) is 104 cm³/mol. The number of hydrogen-bond donors (Lipinski definition) is 2. The van der Waals surface area contributed by atoms with Crippen LogP contribution in [0.15, 0.2) is 60.9 Å². The highest BCUT2D eigenvalue weighted by Crippen LogP contribution is 2.12. The first-order valence-electron chi connectivity index (χ1n) is 9.06. The molecule has 1 heterocycles. The summed E-state index contributed by atoms with van der Waals surface area (Å²) in [7, 11) is 0. The number of benzene rings is 2. The minimum absolute atomic E-state index is 0.109. The van der Waals surface area contributed by atoms with Crippen molar-refractivity contribution in [2.75, 3.05) is 5.32 Å². The van der Waals surface area contributed by atoms with Gasteiger partial charge in [0.05, 0.1) is 0 Å². The van der Waals surface area contributed by atoms with Gasteiger partial charge in [-0.3, -0.25) is 14.3 Å². The van der Waals surface area contributed by atoms with E-state index in [-0.39, 0.29) is 24.8 Å². The topological polar surface area (TPSA) is 76.0 Å². The zero-order chi connectivity index (χ0) is 20.6. The van der Waals surface area contributed by atoms with Crippen LogP contribution in [0.1, 0.15) is 17.5 Å². The molecule has 0 unspecified atom stereocenters. The standard InChI is InChI=1S/C21H20F2N4O2/c22-18-7-5-15(12-19(18)23)6-8-20(28)24-13-16-3-1-4-17(11-16)26-21(29)14-27-10-2-9-25-27/h1-5,7,9-12H,6,8,13-14H2,(H,24,28)(H,26,29). The maximum atomic E-state index is 13.2. The van der Waals surface area contributed by atoms with Crippen LogP contribution in [0.25, 0.3) is 0 Å². The summed E-state index contributed by atoms with van der Waals surface area (Å²) in [5.74, 6) is -2.24. The predicted octanol–water partition coefficient (Wildman–Crippen LogP) is 3.05. The summed E-state index contributed by atoms with van der Waals surface area (Å²) in [6, 6.07) is 12.5. The lowest BCUT2D eigenvalue weighted by atomic mass is 10.1. The Bertz CT molecular complexity index is 990. The zero-order valence-corrected chi connectivity index (χ0v) is 15.6. The molecule has 0 spiro atoms. The number of nitrogens with one attached hydrogen (secondary N) is 2. The van der Waals surface area contributed by atoms with Crippen LogP contribution in [0.3, 0.4) is 0 Å². The number of rotatable bonds is 8. The Balaban J connectivity index is 1.46. The molecule has 150 valence electrons. The molecule has 29 heavy (non-hydrogen) atoms. The normalized spacial score (nSPS) is 10.6. The quantitative estimate of drug-likeness (QED) is 0.612. The third kappa shape index (κ3) is 6.24. The van der Waals surface area contributed by atoms with Gasteiger partial charge in [0.1, 0.15) is 6.54 Å². The van der Waals surface area contributed by atoms with Crippen molar-refractivity contribution in [2.45, 2.75) is 25.9 Å². The Kier molecular flexibility index (Phi) is 6.67. The van der Waals surface area contributed by atoms with E-state index in [1.54, 1.807) is 36.7 Å². The molecule has 0 fully saturated rings. The highest BCUT2D eigenvalue weighted by atomic mass is 19.2. The van der Waals surface area contributed by atoms with Gasteiger partial charge in [-0.2, -0.15) is 5.10 Å². The molecular formula is C21H20F2N4O2. The third-order valence-electron chi connectivity index (χ3n) is 4.19. The van der Waals surface area contributed by atoms with Gasteiger partial charge < -0.3 is 10.6 Å². The maximum Gasteiger partial charge on any atom is 0.246 e. The van der Waals surface area contributed by atoms with Gasteiger partial charge in [-0.25, -0.2) is 8.78 Å². The van der Waals surface area contributed by atoms with Crippen LogP contribution in [0.2, 0.25) is 0 Å². The summed E-state index contributed by atoms with van der Waals surface area (Å²) in [5, 5.41) is 9.55. The fraction of sp³-hybridized carbons (Fsp3) is 0.190. The van der Waals surface area contributed by atoms with E-state index in [0.717, 1.165) is 17.7 Å². The summed E-state index contributed by atoms with van der Waals surface area (Å²) < 4.78 is 27.6. The van der Waals surface area contributed by atoms with E-state index in [0.29, 0.717) is 24.2 Å². The van der Waals surface area contributed by atoms with E-state index in [4.69, 9.17) is 0 Å². The number of halogens is 2. The molecule has 8 heteroatoms. The molecule has 0 radical (unpaired) electrons. The Morgan fingerprint density at radius 1 is 0.966 bits per heavy atom. The van der Waals surface area contributed by atoms with Crippen LogP contribution >= 0.6 is 0 Å². The van der Waals surface area contributed by atoms with Crippen LogP contribution in [0.5, 0.6) is 0 Å². The average Bonchev–Trinajstić information content (AvgIpc) is 3.20. The number of aryl methyl sites for hydroxylation is 1. The summed E-state index contributed by atoms with van der Waals surface area (Å²) in [5.41, 5.74) is 2.00. The molecule has 0 aliphatic carbocycles. The highest BCUT2D eigenvalue weighted by molar-refractivity contribution is 5.90. The van der Waals surface area contributed by atoms with Gasteiger partial charge in [0.2, 0.25) is 11.8 Å². The van der Waals surface area contributed by atoms with Gasteiger partial charge in [-0.1, -0.05) is 18.2 Å². The Labute approximate surface area is 166 Å². The molecular weight excluding hydrogens is 378 g/mol. The van der Waals surface area contributed by atoms with E-state index in [2.05, 4.69) is 15.7 Å². The third-order valence-corrected chi connectivity index (χ3v) is 4.19. The number of amides is 2. The molecule has 0 aliphatic heterocycles. The van der Waals surface area contributed by atoms with Crippen LogP contribution in [-0.2, 0) is 29.1 Å². The molecule has 0 atom stereocenters. The Morgan fingerprint density at radius 3 is 2.59 bits per heavy atom. The first-order valence-corrected chi connectivity index (χ1v) is 9.06. The second-order valence-electron chi connectivity index (χ2n) is 6.48. The summed E-state index contributed by atoms with van der Waals surface area (Å²) in [6.45, 7) is 0.400. The molecule has 1 aromatic heterocycles. The van der Waals surface area contributed by atoms with Crippen LogP contribution in [-0.4, -0.2) is 21.6 Å². The maximum absolute atomic E-state index is 13.2. The molecule has 0 saturated carbocycles. The fourth-order valence-electron chi connectivity index (χ4n) is 2.74. The van der Waals surface area contributed by atoms with Gasteiger partial charge in [-0.05, 0) is 47.9 Å². The smallest absolute Gasteiger partial charge is 0.246 e. The first-order chi connectivity index (χ1) is 14.0. The van der Waals surface area contributed by atoms with Gasteiger partial charge in [0, 0.05) is 31.0 Å². The van der Waals surface area contributed by atoms with E-state index in [1.165, 1.54) is 10.7 Å². The lowest BCUT2D eigenvalue weighted by Gasteiger charge is -2.09. The van der Waals surface area contributed by atoms with Crippen molar-refractivity contribution < 1.29 is 18.4 Å². The molecule has 2 aromatic carbocycles. The molecule has 3 rings (SSSR count). The Hall–Kier alpha value is -3.55. The number of nitrogens with zero attached hydrogens (tertiary/aromatic N) is 2. The molecule has 2 amide bonds. The number of carbonyl (C=O) groups excluding carboxylic acids is 2. The minimum Gasteiger partial charge on any atom is -0.352 e. The van der Waals surface area contributed by atoms with Crippen molar-refractivity contribution in [1.82, 2.24) is 15.1 Å². The second kappa shape index (κ2) is 9.59. The monoisotopic (exact) mass is 398 g/mol. The van der Waals surface area contributed by atoms with Gasteiger partial charge >= 0.3 is 0 Å². The van der Waals surface area contributed by atoms with Crippen molar-refractivity contribution in [2.24, 2.45) is 0 Å². The van der Waals surface area contributed by atoms with Crippen molar-refractivity contribution in [3.05, 3.63) is 83.7 Å². The van der Waals surface area contributed by atoms with E-state index < -0.39 is 11.6 Å². The van der Waals surface area contributed by atoms with Crippen molar-refractivity contribution in [3.63, 3.8) is 0 Å². The van der Waals surface area contributed by atoms with E-state index in [1.807, 2.05) is 6.07 Å². The van der Waals surface area contributed by atoms with Crippen LogP contribution in [0.4, 0.5) is 14.5 Å². The summed E-state index contributed by atoms with van der Waals surface area (Å²) in [4.78, 5) is 24.1. The molecule has 2 N–H and O–H groups in total. The lowest BCUT2D eigenvalue weighted by molar-refractivity contribution is -0.121. The molecule has 3 aromatic rings. The summed E-state index contributed by atoms with van der Waals surface area (Å²) >= 11 is 0. The van der Waals surface area contributed by atoms with E-state index >= 15 is 0 Å². The van der Waals surface area contributed by atoms with Crippen LogP contribution < -0.4 is 10.6 Å². The molecule has 0 bridgehead atoms. The highest BCUT2D eigenvalue weighted by Gasteiger charge is 2.07. The fourth-order valence-corrected chi connectivity index (χ4v) is 2.74. The summed E-state index contributed by atoms with van der Waals surface area (Å²) in [6.07, 6.45) is 3.77. The number of carbonyl (C=O) groups is 2.